The van der Waals surface area contributed by atoms with Gasteiger partial charge in [-0.2, -0.15) is 0 Å². The molecule has 2 aromatic carbocycles. The van der Waals surface area contributed by atoms with E-state index in [0.29, 0.717) is 16.7 Å². The van der Waals surface area contributed by atoms with Crippen LogP contribution in [-0.4, -0.2) is 32.8 Å². The van der Waals surface area contributed by atoms with E-state index in [2.05, 4.69) is 36.1 Å². The van der Waals surface area contributed by atoms with Gasteiger partial charge in [0.15, 0.2) is 0 Å². The maximum absolute atomic E-state index is 12.3. The number of hydrogen-bond acceptors (Lipinski definition) is 4. The van der Waals surface area contributed by atoms with Crippen LogP contribution in [0, 0.1) is 0 Å². The number of rotatable bonds is 9. The second kappa shape index (κ2) is 10.7. The monoisotopic (exact) mass is 459 g/mol. The number of benzene rings is 2. The summed E-state index contributed by atoms with van der Waals surface area (Å²) in [6, 6.07) is 14.2. The highest BCUT2D eigenvalue weighted by atomic mass is 32.2. The molecular formula is C24H33N3O4S. The Morgan fingerprint density at radius 3 is 2.06 bits per heavy atom. The third kappa shape index (κ3) is 8.09. The van der Waals surface area contributed by atoms with Gasteiger partial charge in [-0.05, 0) is 48.1 Å². The van der Waals surface area contributed by atoms with Crippen LogP contribution >= 0.6 is 0 Å². The van der Waals surface area contributed by atoms with Crippen molar-refractivity contribution < 1.29 is 18.0 Å². The van der Waals surface area contributed by atoms with Gasteiger partial charge in [0.1, 0.15) is 0 Å². The van der Waals surface area contributed by atoms with Gasteiger partial charge in [-0.1, -0.05) is 57.2 Å². The van der Waals surface area contributed by atoms with Crippen LogP contribution in [0.3, 0.4) is 0 Å². The first-order chi connectivity index (χ1) is 14.9. The molecule has 0 heterocycles. The summed E-state index contributed by atoms with van der Waals surface area (Å²) in [5.74, 6) is -0.854. The summed E-state index contributed by atoms with van der Waals surface area (Å²) in [5.41, 5.74) is 2.92. The molecule has 0 unspecified atom stereocenters. The van der Waals surface area contributed by atoms with Crippen LogP contribution in [0.4, 0.5) is 0 Å². The molecule has 0 aliphatic heterocycles. The van der Waals surface area contributed by atoms with Gasteiger partial charge >= 0.3 is 0 Å². The fourth-order valence-electron chi connectivity index (χ4n) is 3.12. The van der Waals surface area contributed by atoms with E-state index in [-0.39, 0.29) is 42.1 Å². The molecule has 0 saturated heterocycles. The normalized spacial score (nSPS) is 11.9. The van der Waals surface area contributed by atoms with Crippen LogP contribution in [0.5, 0.6) is 0 Å². The minimum Gasteiger partial charge on any atom is -0.350 e. The molecule has 0 radical (unpaired) electrons. The van der Waals surface area contributed by atoms with Crippen LogP contribution in [0.1, 0.15) is 61.7 Å². The Labute approximate surface area is 191 Å². The number of nitrogens with one attached hydrogen (secondary N) is 3. The van der Waals surface area contributed by atoms with Crippen molar-refractivity contribution >= 4 is 21.8 Å². The highest BCUT2D eigenvalue weighted by Crippen LogP contribution is 2.22. The van der Waals surface area contributed by atoms with Crippen molar-refractivity contribution in [2.75, 3.05) is 6.54 Å². The minimum absolute atomic E-state index is 0.00460. The van der Waals surface area contributed by atoms with Crippen LogP contribution in [0.25, 0.3) is 0 Å². The third-order valence-electron chi connectivity index (χ3n) is 4.78. The van der Waals surface area contributed by atoms with Crippen molar-refractivity contribution in [2.24, 2.45) is 0 Å². The topological polar surface area (TPSA) is 104 Å². The molecule has 0 spiro atoms. The van der Waals surface area contributed by atoms with Crippen molar-refractivity contribution in [3.8, 4) is 0 Å². The number of carbonyl (C=O) groups is 2. The van der Waals surface area contributed by atoms with Gasteiger partial charge in [-0.25, -0.2) is 13.1 Å². The van der Waals surface area contributed by atoms with Crippen LogP contribution in [0.15, 0.2) is 48.5 Å². The van der Waals surface area contributed by atoms with Crippen LogP contribution in [0.2, 0.25) is 0 Å². The Balaban J connectivity index is 1.90. The molecule has 0 aliphatic carbocycles. The SMILES string of the molecule is CC(C)NS(=O)(=O)Cc1ccccc1CNC(=O)CNC(=O)c1ccc(C(C)(C)C)cc1. The molecule has 3 N–H and O–H groups in total. The molecule has 2 rings (SSSR count). The van der Waals surface area contributed by atoms with Crippen molar-refractivity contribution in [3.63, 3.8) is 0 Å². The molecular weight excluding hydrogens is 426 g/mol. The van der Waals surface area contributed by atoms with Gasteiger partial charge < -0.3 is 10.6 Å². The Kier molecular flexibility index (Phi) is 8.58. The largest absolute Gasteiger partial charge is 0.350 e. The number of amides is 2. The molecule has 0 bridgehead atoms. The average molecular weight is 460 g/mol. The second-order valence-electron chi connectivity index (χ2n) is 9.09. The van der Waals surface area contributed by atoms with Crippen LogP contribution < -0.4 is 15.4 Å². The van der Waals surface area contributed by atoms with E-state index in [4.69, 9.17) is 0 Å². The molecule has 8 heteroatoms. The quantitative estimate of drug-likeness (QED) is 0.536. The van der Waals surface area contributed by atoms with E-state index in [1.54, 1.807) is 50.2 Å². The number of carbonyl (C=O) groups excluding carboxylic acids is 2. The molecule has 0 aliphatic rings. The summed E-state index contributed by atoms with van der Waals surface area (Å²) >= 11 is 0. The van der Waals surface area contributed by atoms with Crippen molar-refractivity contribution in [2.45, 2.75) is 58.4 Å². The van der Waals surface area contributed by atoms with E-state index in [9.17, 15) is 18.0 Å². The van der Waals surface area contributed by atoms with E-state index in [1.807, 2.05) is 12.1 Å². The molecule has 0 fully saturated rings. The molecule has 174 valence electrons. The summed E-state index contributed by atoms with van der Waals surface area (Å²) in [5, 5.41) is 5.34. The van der Waals surface area contributed by atoms with Gasteiger partial charge in [0.05, 0.1) is 12.3 Å². The minimum atomic E-state index is -3.48. The number of sulfonamides is 1. The highest BCUT2D eigenvalue weighted by molar-refractivity contribution is 7.88. The standard InChI is InChI=1S/C24H33N3O4S/c1-17(2)27-32(30,31)16-20-9-7-6-8-19(20)14-25-22(28)15-26-23(29)18-10-12-21(13-11-18)24(3,4)5/h6-13,17,27H,14-16H2,1-5H3,(H,25,28)(H,26,29). The third-order valence-corrected chi connectivity index (χ3v) is 6.30. The summed E-state index contributed by atoms with van der Waals surface area (Å²) in [7, 11) is -3.48. The average Bonchev–Trinajstić information content (AvgIpc) is 2.69. The van der Waals surface area contributed by atoms with E-state index < -0.39 is 10.0 Å². The van der Waals surface area contributed by atoms with E-state index in [1.165, 1.54) is 0 Å². The van der Waals surface area contributed by atoms with Crippen molar-refractivity contribution in [3.05, 3.63) is 70.8 Å². The molecule has 0 aromatic heterocycles. The predicted molar refractivity (Wildman–Crippen MR) is 127 cm³/mol. The van der Waals surface area contributed by atoms with Gasteiger partial charge in [0.25, 0.3) is 5.91 Å². The fourth-order valence-corrected chi connectivity index (χ4v) is 4.61. The zero-order valence-corrected chi connectivity index (χ0v) is 20.2. The summed E-state index contributed by atoms with van der Waals surface area (Å²) < 4.78 is 27.0. The van der Waals surface area contributed by atoms with Crippen LogP contribution in [-0.2, 0) is 32.5 Å². The molecule has 32 heavy (non-hydrogen) atoms. The lowest BCUT2D eigenvalue weighted by atomic mass is 9.87. The maximum Gasteiger partial charge on any atom is 0.251 e. The Hall–Kier alpha value is -2.71. The summed E-state index contributed by atoms with van der Waals surface area (Å²) in [6.45, 7) is 9.81. The second-order valence-corrected chi connectivity index (χ2v) is 10.8. The van der Waals surface area contributed by atoms with E-state index >= 15 is 0 Å². The molecule has 2 aromatic rings. The molecule has 0 atom stereocenters. The Bertz CT molecular complexity index is 1040. The summed E-state index contributed by atoms with van der Waals surface area (Å²) in [4.78, 5) is 24.5. The first-order valence-corrected chi connectivity index (χ1v) is 12.2. The zero-order chi connectivity index (χ0) is 23.9. The van der Waals surface area contributed by atoms with Gasteiger partial charge in [0.2, 0.25) is 15.9 Å². The molecule has 2 amide bonds. The first-order valence-electron chi connectivity index (χ1n) is 10.6. The van der Waals surface area contributed by atoms with Crippen molar-refractivity contribution in [1.29, 1.82) is 0 Å². The van der Waals surface area contributed by atoms with Crippen molar-refractivity contribution in [1.82, 2.24) is 15.4 Å². The van der Waals surface area contributed by atoms with E-state index in [0.717, 1.165) is 5.56 Å². The van der Waals surface area contributed by atoms with Gasteiger partial charge in [0, 0.05) is 18.2 Å². The summed E-state index contributed by atoms with van der Waals surface area (Å²) in [6.07, 6.45) is 0. The maximum atomic E-state index is 12.3. The first kappa shape index (κ1) is 25.5. The molecule has 0 saturated carbocycles. The fraction of sp³-hybridized carbons (Fsp3) is 0.417. The smallest absolute Gasteiger partial charge is 0.251 e. The molecule has 7 nitrogen and oxygen atoms in total. The van der Waals surface area contributed by atoms with Gasteiger partial charge in [-0.3, -0.25) is 9.59 Å². The van der Waals surface area contributed by atoms with Gasteiger partial charge in [-0.15, -0.1) is 0 Å². The highest BCUT2D eigenvalue weighted by Gasteiger charge is 2.17. The lowest BCUT2D eigenvalue weighted by Crippen LogP contribution is -2.37. The zero-order valence-electron chi connectivity index (χ0n) is 19.4. The lowest BCUT2D eigenvalue weighted by molar-refractivity contribution is -0.120. The Morgan fingerprint density at radius 2 is 1.50 bits per heavy atom. The Morgan fingerprint density at radius 1 is 0.906 bits per heavy atom. The number of hydrogen-bond donors (Lipinski definition) is 3. The lowest BCUT2D eigenvalue weighted by Gasteiger charge is -2.19. The predicted octanol–water partition coefficient (Wildman–Crippen LogP) is 2.86.